The second-order valence-corrected chi connectivity index (χ2v) is 6.13. The Morgan fingerprint density at radius 2 is 1.79 bits per heavy atom. The zero-order valence-corrected chi connectivity index (χ0v) is 14.5. The third kappa shape index (κ3) is 3.65. The van der Waals surface area contributed by atoms with Crippen molar-refractivity contribution in [1.29, 1.82) is 0 Å². The zero-order valence-electron chi connectivity index (χ0n) is 13.7. The van der Waals surface area contributed by atoms with Crippen molar-refractivity contribution < 1.29 is 9.47 Å². The molecule has 0 aliphatic rings. The molecular formula is C18H17N3O2S. The highest BCUT2D eigenvalue weighted by Crippen LogP contribution is 2.35. The van der Waals surface area contributed by atoms with Crippen LogP contribution in [0.5, 0.6) is 11.5 Å². The average Bonchev–Trinajstić information content (AvgIpc) is 2.62. The number of hydrogen-bond donors (Lipinski definition) is 0. The molecule has 0 radical (unpaired) electrons. The van der Waals surface area contributed by atoms with Gasteiger partial charge in [-0.2, -0.15) is 0 Å². The van der Waals surface area contributed by atoms with Crippen LogP contribution in [0.15, 0.2) is 58.7 Å². The van der Waals surface area contributed by atoms with Gasteiger partial charge in [-0.15, -0.1) is 0 Å². The monoisotopic (exact) mass is 339 g/mol. The standard InChI is InChI=1S/C18H17N3O2S/c1-12-9-17(21-18(20-12)13-5-4-8-19-11-13)24-14-6-7-15(22-2)16(10-14)23-3/h4-11H,1-3H3. The normalized spacial score (nSPS) is 10.5. The fourth-order valence-electron chi connectivity index (χ4n) is 2.22. The molecule has 2 heterocycles. The number of benzene rings is 1. The molecule has 122 valence electrons. The van der Waals surface area contributed by atoms with Gasteiger partial charge in [-0.25, -0.2) is 9.97 Å². The predicted molar refractivity (Wildman–Crippen MR) is 93.7 cm³/mol. The lowest BCUT2D eigenvalue weighted by atomic mass is 10.2. The van der Waals surface area contributed by atoms with Crippen molar-refractivity contribution in [2.75, 3.05) is 14.2 Å². The Morgan fingerprint density at radius 1 is 0.958 bits per heavy atom. The molecule has 0 atom stereocenters. The van der Waals surface area contributed by atoms with Crippen molar-refractivity contribution in [3.63, 3.8) is 0 Å². The minimum atomic E-state index is 0.672. The van der Waals surface area contributed by atoms with Crippen molar-refractivity contribution in [1.82, 2.24) is 15.0 Å². The topological polar surface area (TPSA) is 57.1 Å². The smallest absolute Gasteiger partial charge is 0.162 e. The van der Waals surface area contributed by atoms with Gasteiger partial charge in [0.05, 0.1) is 14.2 Å². The summed E-state index contributed by atoms with van der Waals surface area (Å²) in [7, 11) is 3.25. The summed E-state index contributed by atoms with van der Waals surface area (Å²) in [5.74, 6) is 2.07. The van der Waals surface area contributed by atoms with Gasteiger partial charge < -0.3 is 9.47 Å². The lowest BCUT2D eigenvalue weighted by molar-refractivity contribution is 0.354. The van der Waals surface area contributed by atoms with E-state index >= 15 is 0 Å². The molecule has 0 saturated heterocycles. The van der Waals surface area contributed by atoms with Gasteiger partial charge in [0.25, 0.3) is 0 Å². The Bertz CT molecular complexity index is 841. The lowest BCUT2D eigenvalue weighted by Gasteiger charge is -2.10. The van der Waals surface area contributed by atoms with Crippen molar-refractivity contribution in [2.45, 2.75) is 16.8 Å². The molecular weight excluding hydrogens is 322 g/mol. The van der Waals surface area contributed by atoms with E-state index in [4.69, 9.17) is 9.47 Å². The van der Waals surface area contributed by atoms with Gasteiger partial charge in [-0.1, -0.05) is 11.8 Å². The Labute approximate surface area is 145 Å². The van der Waals surface area contributed by atoms with Crippen LogP contribution in [0, 0.1) is 6.92 Å². The summed E-state index contributed by atoms with van der Waals surface area (Å²) in [6.07, 6.45) is 3.50. The quantitative estimate of drug-likeness (QED) is 0.655. The van der Waals surface area contributed by atoms with Crippen LogP contribution in [0.25, 0.3) is 11.4 Å². The maximum atomic E-state index is 5.35. The van der Waals surface area contributed by atoms with Crippen LogP contribution < -0.4 is 9.47 Å². The molecule has 2 aromatic heterocycles. The molecule has 0 aliphatic heterocycles. The summed E-state index contributed by atoms with van der Waals surface area (Å²) in [6, 6.07) is 11.6. The summed E-state index contributed by atoms with van der Waals surface area (Å²) < 4.78 is 10.6. The maximum absolute atomic E-state index is 5.35. The second-order valence-electron chi connectivity index (χ2n) is 5.03. The van der Waals surface area contributed by atoms with Crippen molar-refractivity contribution in [2.24, 2.45) is 0 Å². The van der Waals surface area contributed by atoms with Crippen molar-refractivity contribution in [3.8, 4) is 22.9 Å². The van der Waals surface area contributed by atoms with Gasteiger partial charge in [0.15, 0.2) is 17.3 Å². The molecule has 0 bridgehead atoms. The highest BCUT2D eigenvalue weighted by atomic mass is 32.2. The maximum Gasteiger partial charge on any atom is 0.162 e. The highest BCUT2D eigenvalue weighted by molar-refractivity contribution is 7.99. The first-order chi connectivity index (χ1) is 11.7. The summed E-state index contributed by atoms with van der Waals surface area (Å²) in [5, 5.41) is 0.869. The van der Waals surface area contributed by atoms with Gasteiger partial charge in [-0.05, 0) is 43.3 Å². The fraction of sp³-hybridized carbons (Fsp3) is 0.167. The van der Waals surface area contributed by atoms with Gasteiger partial charge in [0, 0.05) is 28.5 Å². The van der Waals surface area contributed by atoms with Crippen LogP contribution in [0.3, 0.4) is 0 Å². The van der Waals surface area contributed by atoms with E-state index in [-0.39, 0.29) is 0 Å². The van der Waals surface area contributed by atoms with Crippen LogP contribution in [0.2, 0.25) is 0 Å². The van der Waals surface area contributed by atoms with Crippen LogP contribution in [-0.2, 0) is 0 Å². The van der Waals surface area contributed by atoms with Crippen LogP contribution in [0.4, 0.5) is 0 Å². The van der Waals surface area contributed by atoms with Crippen LogP contribution in [-0.4, -0.2) is 29.2 Å². The third-order valence-electron chi connectivity index (χ3n) is 3.33. The molecule has 1 aromatic carbocycles. The summed E-state index contributed by atoms with van der Waals surface area (Å²) >= 11 is 1.55. The number of ether oxygens (including phenoxy) is 2. The molecule has 0 spiro atoms. The molecule has 5 nitrogen and oxygen atoms in total. The molecule has 6 heteroatoms. The molecule has 0 unspecified atom stereocenters. The molecule has 24 heavy (non-hydrogen) atoms. The predicted octanol–water partition coefficient (Wildman–Crippen LogP) is 4.02. The molecule has 0 aliphatic carbocycles. The highest BCUT2D eigenvalue weighted by Gasteiger charge is 2.09. The molecule has 0 N–H and O–H groups in total. The number of pyridine rings is 1. The molecule has 0 saturated carbocycles. The first-order valence-corrected chi connectivity index (χ1v) is 8.17. The molecule has 0 amide bonds. The van der Waals surface area contributed by atoms with Gasteiger partial charge in [0.1, 0.15) is 5.03 Å². The van der Waals surface area contributed by atoms with Gasteiger partial charge in [-0.3, -0.25) is 4.98 Å². The third-order valence-corrected chi connectivity index (χ3v) is 4.24. The minimum Gasteiger partial charge on any atom is -0.493 e. The van der Waals surface area contributed by atoms with Crippen molar-refractivity contribution in [3.05, 3.63) is 54.5 Å². The van der Waals surface area contributed by atoms with Crippen LogP contribution in [0.1, 0.15) is 5.69 Å². The van der Waals surface area contributed by atoms with E-state index in [1.165, 1.54) is 0 Å². The van der Waals surface area contributed by atoms with E-state index < -0.39 is 0 Å². The summed E-state index contributed by atoms with van der Waals surface area (Å²) in [6.45, 7) is 1.96. The first kappa shape index (κ1) is 16.3. The SMILES string of the molecule is COc1ccc(Sc2cc(C)nc(-c3cccnc3)n2)cc1OC. The van der Waals surface area contributed by atoms with E-state index in [1.54, 1.807) is 38.4 Å². The Balaban J connectivity index is 1.92. The molecule has 0 fully saturated rings. The van der Waals surface area contributed by atoms with E-state index in [1.807, 2.05) is 43.3 Å². The zero-order chi connectivity index (χ0) is 16.9. The van der Waals surface area contributed by atoms with Gasteiger partial charge >= 0.3 is 0 Å². The number of rotatable bonds is 5. The number of methoxy groups -OCH3 is 2. The average molecular weight is 339 g/mol. The largest absolute Gasteiger partial charge is 0.493 e. The Morgan fingerprint density at radius 3 is 2.50 bits per heavy atom. The van der Waals surface area contributed by atoms with E-state index in [0.29, 0.717) is 17.3 Å². The van der Waals surface area contributed by atoms with Gasteiger partial charge in [0.2, 0.25) is 0 Å². The van der Waals surface area contributed by atoms with E-state index in [9.17, 15) is 0 Å². The minimum absolute atomic E-state index is 0.672. The first-order valence-electron chi connectivity index (χ1n) is 7.35. The Hall–Kier alpha value is -2.60. The van der Waals surface area contributed by atoms with E-state index in [0.717, 1.165) is 21.2 Å². The van der Waals surface area contributed by atoms with Crippen molar-refractivity contribution >= 4 is 11.8 Å². The second kappa shape index (κ2) is 7.31. The Kier molecular flexibility index (Phi) is 4.96. The summed E-state index contributed by atoms with van der Waals surface area (Å²) in [4.78, 5) is 14.3. The van der Waals surface area contributed by atoms with E-state index in [2.05, 4.69) is 15.0 Å². The fourth-order valence-corrected chi connectivity index (χ4v) is 3.12. The number of aromatic nitrogens is 3. The number of aryl methyl sites for hydroxylation is 1. The summed E-state index contributed by atoms with van der Waals surface area (Å²) in [5.41, 5.74) is 1.81. The van der Waals surface area contributed by atoms with Crippen LogP contribution >= 0.6 is 11.8 Å². The molecule has 3 rings (SSSR count). The number of hydrogen-bond acceptors (Lipinski definition) is 6. The molecule has 3 aromatic rings. The lowest BCUT2D eigenvalue weighted by Crippen LogP contribution is -1.94. The number of nitrogens with zero attached hydrogens (tertiary/aromatic N) is 3.